The summed E-state index contributed by atoms with van der Waals surface area (Å²) in [6, 6.07) is -0.669. The van der Waals surface area contributed by atoms with Gasteiger partial charge in [-0.15, -0.1) is 0 Å². The number of aromatic amines is 1. The molecule has 2 N–H and O–H groups in total. The first-order valence-corrected chi connectivity index (χ1v) is 10.3. The summed E-state index contributed by atoms with van der Waals surface area (Å²) in [5, 5.41) is 4.71. The predicted molar refractivity (Wildman–Crippen MR) is 110 cm³/mol. The van der Waals surface area contributed by atoms with Gasteiger partial charge in [0.25, 0.3) is 11.8 Å². The number of aryl methyl sites for hydroxylation is 1. The number of aromatic nitrogens is 2. The Morgan fingerprint density at radius 2 is 2.17 bits per heavy atom. The molecule has 3 heterocycles. The molecule has 0 spiro atoms. The monoisotopic (exact) mass is 463 g/mol. The third kappa shape index (κ3) is 4.50. The van der Waals surface area contributed by atoms with E-state index >= 15 is 0 Å². The molecule has 2 aromatic heterocycles. The largest absolute Gasteiger partial charge is 0.352 e. The number of hydroxylamine groups is 2. The summed E-state index contributed by atoms with van der Waals surface area (Å²) >= 11 is 13.2. The lowest BCUT2D eigenvalue weighted by Crippen LogP contribution is -2.52. The molecule has 0 aliphatic carbocycles. The van der Waals surface area contributed by atoms with Gasteiger partial charge in [0, 0.05) is 19.3 Å². The molecule has 0 radical (unpaired) electrons. The number of thiazole rings is 1. The smallest absolute Gasteiger partial charge is 0.288 e. The molecule has 29 heavy (non-hydrogen) atoms. The highest BCUT2D eigenvalue weighted by Crippen LogP contribution is 2.30. The fraction of sp³-hybridized carbons (Fsp3) is 0.471. The maximum Gasteiger partial charge on any atom is 0.288 e. The van der Waals surface area contributed by atoms with Gasteiger partial charge in [-0.1, -0.05) is 34.5 Å². The SMILES string of the molecule is CON(C)C(=O)c1cnc(N2CC[C@@H](NC(=O)c3[nH]c(C)c(Cl)c3Cl)[C@@H](F)C2)s1. The minimum absolute atomic E-state index is 0.0461. The van der Waals surface area contributed by atoms with Crippen molar-refractivity contribution in [3.63, 3.8) is 0 Å². The standard InChI is InChI=1S/C17H20Cl2FN5O3S/c1-8-12(18)13(19)14(22-8)15(26)23-10-4-5-25(7-9(10)20)17-21-6-11(29-17)16(27)24(2)28-3/h6,9-10,22H,4-5,7H2,1-3H3,(H,23,26)/t9-,10+/m0/s1. The van der Waals surface area contributed by atoms with E-state index in [9.17, 15) is 14.0 Å². The summed E-state index contributed by atoms with van der Waals surface area (Å²) in [5.41, 5.74) is 0.691. The van der Waals surface area contributed by atoms with Gasteiger partial charge in [0.05, 0.1) is 35.9 Å². The van der Waals surface area contributed by atoms with Gasteiger partial charge in [-0.25, -0.2) is 14.4 Å². The lowest BCUT2D eigenvalue weighted by molar-refractivity contribution is -0.0754. The van der Waals surface area contributed by atoms with Crippen LogP contribution in [0.1, 0.15) is 32.3 Å². The first-order chi connectivity index (χ1) is 13.7. The lowest BCUT2D eigenvalue weighted by Gasteiger charge is -2.34. The number of halogens is 3. The first-order valence-electron chi connectivity index (χ1n) is 8.74. The van der Waals surface area contributed by atoms with Gasteiger partial charge in [0.1, 0.15) is 16.7 Å². The van der Waals surface area contributed by atoms with Crippen molar-refractivity contribution in [3.05, 3.63) is 32.5 Å². The van der Waals surface area contributed by atoms with Gasteiger partial charge in [-0.05, 0) is 13.3 Å². The van der Waals surface area contributed by atoms with Gasteiger partial charge >= 0.3 is 0 Å². The fourth-order valence-corrected chi connectivity index (χ4v) is 4.29. The summed E-state index contributed by atoms with van der Waals surface area (Å²) in [6.45, 7) is 2.22. The van der Waals surface area contributed by atoms with Crippen LogP contribution in [-0.2, 0) is 4.84 Å². The van der Waals surface area contributed by atoms with Crippen LogP contribution in [0.4, 0.5) is 9.52 Å². The number of hydrogen-bond donors (Lipinski definition) is 2. The molecule has 1 aliphatic heterocycles. The second kappa shape index (κ2) is 8.86. The number of nitrogens with zero attached hydrogens (tertiary/aromatic N) is 3. The summed E-state index contributed by atoms with van der Waals surface area (Å²) in [4.78, 5) is 38.6. The van der Waals surface area contributed by atoms with Crippen LogP contribution in [0.3, 0.4) is 0 Å². The van der Waals surface area contributed by atoms with Crippen LogP contribution in [-0.4, -0.2) is 66.3 Å². The molecule has 12 heteroatoms. The number of H-pyrrole nitrogens is 1. The van der Waals surface area contributed by atoms with E-state index in [0.29, 0.717) is 28.7 Å². The Morgan fingerprint density at radius 1 is 1.45 bits per heavy atom. The Bertz CT molecular complexity index is 921. The Hall–Kier alpha value is -1.88. The molecule has 158 valence electrons. The molecule has 0 saturated carbocycles. The molecular formula is C17H20Cl2FN5O3S. The Balaban J connectivity index is 1.62. The first kappa shape index (κ1) is 21.8. The van der Waals surface area contributed by atoms with Crippen molar-refractivity contribution >= 4 is 51.5 Å². The van der Waals surface area contributed by atoms with Crippen molar-refractivity contribution in [1.29, 1.82) is 0 Å². The zero-order valence-electron chi connectivity index (χ0n) is 16.0. The quantitative estimate of drug-likeness (QED) is 0.664. The van der Waals surface area contributed by atoms with Crippen LogP contribution < -0.4 is 10.2 Å². The summed E-state index contributed by atoms with van der Waals surface area (Å²) < 4.78 is 14.7. The van der Waals surface area contributed by atoms with Gasteiger partial charge in [0.15, 0.2) is 5.13 Å². The maximum atomic E-state index is 14.7. The number of hydrogen-bond acceptors (Lipinski definition) is 6. The van der Waals surface area contributed by atoms with E-state index in [1.807, 2.05) is 0 Å². The number of anilines is 1. The minimum Gasteiger partial charge on any atom is -0.352 e. The predicted octanol–water partition coefficient (Wildman–Crippen LogP) is 3.07. The van der Waals surface area contributed by atoms with E-state index in [2.05, 4.69) is 15.3 Å². The molecule has 1 saturated heterocycles. The second-order valence-corrected chi connectivity index (χ2v) is 8.34. The third-order valence-corrected chi connectivity index (χ3v) is 6.67. The van der Waals surface area contributed by atoms with Crippen LogP contribution in [0.25, 0.3) is 0 Å². The number of nitrogens with one attached hydrogen (secondary N) is 2. The highest BCUT2D eigenvalue weighted by molar-refractivity contribution is 7.17. The van der Waals surface area contributed by atoms with Crippen LogP contribution in [0.15, 0.2) is 6.20 Å². The molecule has 0 aromatic carbocycles. The van der Waals surface area contributed by atoms with E-state index < -0.39 is 18.1 Å². The van der Waals surface area contributed by atoms with Crippen LogP contribution in [0.2, 0.25) is 10.0 Å². The zero-order chi connectivity index (χ0) is 21.3. The normalized spacial score (nSPS) is 19.3. The van der Waals surface area contributed by atoms with Crippen molar-refractivity contribution in [2.45, 2.75) is 25.6 Å². The number of piperidine rings is 1. The third-order valence-electron chi connectivity index (χ3n) is 4.67. The molecule has 2 amide bonds. The molecule has 2 aromatic rings. The average molecular weight is 464 g/mol. The molecular weight excluding hydrogens is 444 g/mol. The number of amides is 2. The van der Waals surface area contributed by atoms with Gasteiger partial charge in [-0.3, -0.25) is 14.4 Å². The Labute approximate surface area is 180 Å². The molecule has 0 unspecified atom stereocenters. The second-order valence-electron chi connectivity index (χ2n) is 6.58. The van der Waals surface area contributed by atoms with Crippen LogP contribution in [0.5, 0.6) is 0 Å². The van der Waals surface area contributed by atoms with Crippen molar-refractivity contribution in [1.82, 2.24) is 20.3 Å². The van der Waals surface area contributed by atoms with Crippen molar-refractivity contribution in [2.24, 2.45) is 0 Å². The van der Waals surface area contributed by atoms with E-state index in [1.165, 1.54) is 20.4 Å². The Kier molecular flexibility index (Phi) is 6.67. The van der Waals surface area contributed by atoms with Gasteiger partial charge in [-0.2, -0.15) is 0 Å². The number of carbonyl (C=O) groups excluding carboxylic acids is 2. The Morgan fingerprint density at radius 3 is 2.76 bits per heavy atom. The summed E-state index contributed by atoms with van der Waals surface area (Å²) in [5.74, 6) is -0.831. The van der Waals surface area contributed by atoms with Crippen molar-refractivity contribution < 1.29 is 18.8 Å². The summed E-state index contributed by atoms with van der Waals surface area (Å²) in [6.07, 6.45) is 0.500. The van der Waals surface area contributed by atoms with Crippen molar-refractivity contribution in [3.8, 4) is 0 Å². The molecule has 1 aliphatic rings. The molecule has 0 bridgehead atoms. The minimum atomic E-state index is -1.32. The zero-order valence-corrected chi connectivity index (χ0v) is 18.3. The van der Waals surface area contributed by atoms with E-state index in [1.54, 1.807) is 11.8 Å². The van der Waals surface area contributed by atoms with E-state index in [4.69, 9.17) is 28.0 Å². The van der Waals surface area contributed by atoms with Crippen molar-refractivity contribution in [2.75, 3.05) is 32.1 Å². The van der Waals surface area contributed by atoms with E-state index in [0.717, 1.165) is 16.4 Å². The fourth-order valence-electron chi connectivity index (χ4n) is 2.96. The highest BCUT2D eigenvalue weighted by atomic mass is 35.5. The van der Waals surface area contributed by atoms with Crippen LogP contribution in [0, 0.1) is 6.92 Å². The molecule has 1 fully saturated rings. The topological polar surface area (TPSA) is 90.6 Å². The maximum absolute atomic E-state index is 14.7. The number of alkyl halides is 1. The van der Waals surface area contributed by atoms with Gasteiger partial charge in [0.2, 0.25) is 0 Å². The molecule has 8 nitrogen and oxygen atoms in total. The summed E-state index contributed by atoms with van der Waals surface area (Å²) in [7, 11) is 2.89. The van der Waals surface area contributed by atoms with Crippen LogP contribution >= 0.6 is 34.5 Å². The molecule has 2 atom stereocenters. The highest BCUT2D eigenvalue weighted by Gasteiger charge is 2.33. The average Bonchev–Trinajstić information content (AvgIpc) is 3.29. The lowest BCUT2D eigenvalue weighted by atomic mass is 10.0. The van der Waals surface area contributed by atoms with Gasteiger partial charge < -0.3 is 15.2 Å². The molecule has 3 rings (SSSR count). The number of rotatable bonds is 5. The number of carbonyl (C=O) groups is 2. The van der Waals surface area contributed by atoms with E-state index in [-0.39, 0.29) is 28.2 Å².